The second-order valence-electron chi connectivity index (χ2n) is 3.07. The Morgan fingerprint density at radius 1 is 1.21 bits per heavy atom. The largest absolute Gasteiger partial charge is 0.493 e. The minimum Gasteiger partial charge on any atom is -0.493 e. The smallest absolute Gasteiger partial charge is 0.164 e. The van der Waals surface area contributed by atoms with Crippen molar-refractivity contribution in [2.45, 2.75) is 13.3 Å². The Bertz CT molecular complexity index is 308. The van der Waals surface area contributed by atoms with E-state index >= 15 is 0 Å². The van der Waals surface area contributed by atoms with Gasteiger partial charge in [-0.1, -0.05) is 6.07 Å². The van der Waals surface area contributed by atoms with Crippen molar-refractivity contribution < 1.29 is 14.6 Å². The molecule has 0 aliphatic heterocycles. The van der Waals surface area contributed by atoms with Crippen molar-refractivity contribution in [2.75, 3.05) is 20.8 Å². The molecular formula is C11H16O3. The van der Waals surface area contributed by atoms with Crippen molar-refractivity contribution in [2.24, 2.45) is 0 Å². The zero-order chi connectivity index (χ0) is 10.6. The zero-order valence-electron chi connectivity index (χ0n) is 8.83. The number of methoxy groups -OCH3 is 2. The molecule has 0 unspecified atom stereocenters. The van der Waals surface area contributed by atoms with Gasteiger partial charge in [-0.25, -0.2) is 0 Å². The van der Waals surface area contributed by atoms with E-state index in [2.05, 4.69) is 0 Å². The van der Waals surface area contributed by atoms with E-state index in [1.54, 1.807) is 14.2 Å². The summed E-state index contributed by atoms with van der Waals surface area (Å²) in [5.74, 6) is 1.43. The highest BCUT2D eigenvalue weighted by Crippen LogP contribution is 2.33. The van der Waals surface area contributed by atoms with Gasteiger partial charge in [0.15, 0.2) is 11.5 Å². The van der Waals surface area contributed by atoms with Gasteiger partial charge in [-0.15, -0.1) is 0 Å². The van der Waals surface area contributed by atoms with E-state index in [1.165, 1.54) is 0 Å². The number of hydrogen-bond acceptors (Lipinski definition) is 3. The van der Waals surface area contributed by atoms with Gasteiger partial charge in [0.05, 0.1) is 14.2 Å². The number of aryl methyl sites for hydroxylation is 1. The highest BCUT2D eigenvalue weighted by Gasteiger charge is 2.11. The van der Waals surface area contributed by atoms with Gasteiger partial charge in [0.2, 0.25) is 0 Å². The Hall–Kier alpha value is -1.22. The first kappa shape index (κ1) is 10.9. The third-order valence-corrected chi connectivity index (χ3v) is 2.24. The molecule has 1 N–H and O–H groups in total. The van der Waals surface area contributed by atoms with E-state index in [9.17, 15) is 0 Å². The van der Waals surface area contributed by atoms with Gasteiger partial charge in [-0.2, -0.15) is 0 Å². The van der Waals surface area contributed by atoms with Crippen LogP contribution in [0.25, 0.3) is 0 Å². The van der Waals surface area contributed by atoms with E-state index in [1.807, 2.05) is 19.1 Å². The van der Waals surface area contributed by atoms with Crippen LogP contribution in [-0.4, -0.2) is 25.9 Å². The standard InChI is InChI=1S/C11H16O3/c1-8-4-5-10(13-2)11(14-3)9(8)6-7-12/h4-5,12H,6-7H2,1-3H3. The number of hydrogen-bond donors (Lipinski definition) is 1. The quantitative estimate of drug-likeness (QED) is 0.794. The summed E-state index contributed by atoms with van der Waals surface area (Å²) in [7, 11) is 3.22. The number of aliphatic hydroxyl groups is 1. The van der Waals surface area contributed by atoms with Gasteiger partial charge >= 0.3 is 0 Å². The zero-order valence-corrected chi connectivity index (χ0v) is 8.83. The summed E-state index contributed by atoms with van der Waals surface area (Å²) in [6.45, 7) is 2.11. The maximum Gasteiger partial charge on any atom is 0.164 e. The highest BCUT2D eigenvalue weighted by atomic mass is 16.5. The molecule has 14 heavy (non-hydrogen) atoms. The molecule has 0 saturated heterocycles. The summed E-state index contributed by atoms with van der Waals surface area (Å²) in [6.07, 6.45) is 0.589. The second-order valence-corrected chi connectivity index (χ2v) is 3.07. The van der Waals surface area contributed by atoms with Crippen molar-refractivity contribution >= 4 is 0 Å². The van der Waals surface area contributed by atoms with Crippen molar-refractivity contribution in [1.82, 2.24) is 0 Å². The third kappa shape index (κ3) is 1.99. The lowest BCUT2D eigenvalue weighted by Gasteiger charge is -2.14. The minimum absolute atomic E-state index is 0.115. The fourth-order valence-electron chi connectivity index (χ4n) is 1.51. The minimum atomic E-state index is 0.115. The molecule has 3 heteroatoms. The van der Waals surface area contributed by atoms with Gasteiger partial charge in [-0.05, 0) is 25.0 Å². The van der Waals surface area contributed by atoms with Crippen molar-refractivity contribution in [3.8, 4) is 11.5 Å². The van der Waals surface area contributed by atoms with Crippen LogP contribution in [0.2, 0.25) is 0 Å². The van der Waals surface area contributed by atoms with Gasteiger partial charge in [0, 0.05) is 12.2 Å². The topological polar surface area (TPSA) is 38.7 Å². The molecule has 0 aromatic heterocycles. The number of aliphatic hydroxyl groups excluding tert-OH is 1. The van der Waals surface area contributed by atoms with Crippen LogP contribution in [0.1, 0.15) is 11.1 Å². The first-order chi connectivity index (χ1) is 6.74. The molecule has 3 nitrogen and oxygen atoms in total. The van der Waals surface area contributed by atoms with Crippen molar-refractivity contribution in [3.05, 3.63) is 23.3 Å². The van der Waals surface area contributed by atoms with Gasteiger partial charge < -0.3 is 14.6 Å². The Kier molecular flexibility index (Phi) is 3.77. The van der Waals surface area contributed by atoms with Gasteiger partial charge in [0.1, 0.15) is 0 Å². The molecule has 1 aromatic rings. The Morgan fingerprint density at radius 3 is 2.43 bits per heavy atom. The lowest BCUT2D eigenvalue weighted by Crippen LogP contribution is -2.00. The number of rotatable bonds is 4. The summed E-state index contributed by atoms with van der Waals surface area (Å²) >= 11 is 0. The van der Waals surface area contributed by atoms with Crippen LogP contribution in [0.4, 0.5) is 0 Å². The lowest BCUT2D eigenvalue weighted by atomic mass is 10.0. The fourth-order valence-corrected chi connectivity index (χ4v) is 1.51. The Morgan fingerprint density at radius 2 is 1.93 bits per heavy atom. The summed E-state index contributed by atoms with van der Waals surface area (Å²) in [6, 6.07) is 3.83. The molecule has 0 saturated carbocycles. The van der Waals surface area contributed by atoms with Crippen LogP contribution >= 0.6 is 0 Å². The van der Waals surface area contributed by atoms with Crippen molar-refractivity contribution in [3.63, 3.8) is 0 Å². The van der Waals surface area contributed by atoms with Crippen LogP contribution in [0.3, 0.4) is 0 Å². The first-order valence-corrected chi connectivity index (χ1v) is 4.56. The lowest BCUT2D eigenvalue weighted by molar-refractivity contribution is 0.294. The second kappa shape index (κ2) is 4.86. The maximum absolute atomic E-state index is 8.93. The molecular weight excluding hydrogens is 180 g/mol. The van der Waals surface area contributed by atoms with Gasteiger partial charge in [0.25, 0.3) is 0 Å². The predicted molar refractivity (Wildman–Crippen MR) is 55.1 cm³/mol. The van der Waals surface area contributed by atoms with E-state index in [0.29, 0.717) is 12.2 Å². The van der Waals surface area contributed by atoms with Crippen LogP contribution in [-0.2, 0) is 6.42 Å². The summed E-state index contributed by atoms with van der Waals surface area (Å²) in [4.78, 5) is 0. The van der Waals surface area contributed by atoms with Crippen LogP contribution < -0.4 is 9.47 Å². The average molecular weight is 196 g/mol. The molecule has 0 atom stereocenters. The molecule has 0 heterocycles. The Balaban J connectivity index is 3.20. The van der Waals surface area contributed by atoms with E-state index in [-0.39, 0.29) is 6.61 Å². The van der Waals surface area contributed by atoms with Crippen LogP contribution in [0, 0.1) is 6.92 Å². The molecule has 1 aromatic carbocycles. The average Bonchev–Trinajstić information content (AvgIpc) is 2.21. The molecule has 0 amide bonds. The van der Waals surface area contributed by atoms with E-state index in [4.69, 9.17) is 14.6 Å². The van der Waals surface area contributed by atoms with Crippen LogP contribution in [0.5, 0.6) is 11.5 Å². The monoisotopic (exact) mass is 196 g/mol. The molecule has 0 radical (unpaired) electrons. The normalized spacial score (nSPS) is 10.0. The molecule has 0 bridgehead atoms. The highest BCUT2D eigenvalue weighted by molar-refractivity contribution is 5.50. The molecule has 78 valence electrons. The predicted octanol–water partition coefficient (Wildman–Crippen LogP) is 1.55. The number of benzene rings is 1. The Labute approximate surface area is 84.3 Å². The summed E-state index contributed by atoms with van der Waals surface area (Å²) in [5, 5.41) is 8.93. The molecule has 0 aliphatic rings. The van der Waals surface area contributed by atoms with E-state index in [0.717, 1.165) is 16.9 Å². The summed E-state index contributed by atoms with van der Waals surface area (Å²) in [5.41, 5.74) is 2.12. The van der Waals surface area contributed by atoms with E-state index < -0.39 is 0 Å². The third-order valence-electron chi connectivity index (χ3n) is 2.24. The maximum atomic E-state index is 8.93. The van der Waals surface area contributed by atoms with Crippen molar-refractivity contribution in [1.29, 1.82) is 0 Å². The summed E-state index contributed by atoms with van der Waals surface area (Å²) < 4.78 is 10.4. The fraction of sp³-hybridized carbons (Fsp3) is 0.455. The SMILES string of the molecule is COc1ccc(C)c(CCO)c1OC. The first-order valence-electron chi connectivity index (χ1n) is 4.56. The molecule has 1 rings (SSSR count). The van der Waals surface area contributed by atoms with Crippen LogP contribution in [0.15, 0.2) is 12.1 Å². The molecule has 0 fully saturated rings. The molecule has 0 aliphatic carbocycles. The van der Waals surface area contributed by atoms with Gasteiger partial charge in [-0.3, -0.25) is 0 Å². The number of ether oxygens (including phenoxy) is 2. The molecule has 0 spiro atoms.